The third-order valence-electron chi connectivity index (χ3n) is 4.89. The highest BCUT2D eigenvalue weighted by Crippen LogP contribution is 2.35. The third kappa shape index (κ3) is 2.93. The normalized spacial score (nSPS) is 18.8. The average Bonchev–Trinajstić information content (AvgIpc) is 2.54. The van der Waals surface area contributed by atoms with Crippen molar-refractivity contribution < 1.29 is 0 Å². The fourth-order valence-corrected chi connectivity index (χ4v) is 3.26. The summed E-state index contributed by atoms with van der Waals surface area (Å²) in [6.07, 6.45) is 5.53. The van der Waals surface area contributed by atoms with Crippen molar-refractivity contribution >= 4 is 11.6 Å². The maximum absolute atomic E-state index is 11.4. The van der Waals surface area contributed by atoms with E-state index in [0.29, 0.717) is 5.92 Å². The number of hydrogen-bond acceptors (Lipinski definition) is 5. The highest BCUT2D eigenvalue weighted by atomic mass is 16.1. The predicted molar refractivity (Wildman–Crippen MR) is 90.1 cm³/mol. The Morgan fingerprint density at radius 2 is 1.83 bits per heavy atom. The van der Waals surface area contributed by atoms with Gasteiger partial charge in [-0.1, -0.05) is 12.5 Å². The van der Waals surface area contributed by atoms with Crippen molar-refractivity contribution in [2.24, 2.45) is 0 Å². The first-order valence-corrected chi connectivity index (χ1v) is 8.31. The Balaban J connectivity index is 1.44. The molecule has 1 saturated carbocycles. The van der Waals surface area contributed by atoms with Gasteiger partial charge in [0.2, 0.25) is 5.56 Å². The summed E-state index contributed by atoms with van der Waals surface area (Å²) < 4.78 is 0. The monoisotopic (exact) mass is 311 g/mol. The van der Waals surface area contributed by atoms with Gasteiger partial charge in [0.05, 0.1) is 0 Å². The van der Waals surface area contributed by atoms with E-state index in [1.54, 1.807) is 18.5 Å². The van der Waals surface area contributed by atoms with Crippen LogP contribution >= 0.6 is 0 Å². The van der Waals surface area contributed by atoms with Crippen LogP contribution in [-0.4, -0.2) is 41.1 Å². The van der Waals surface area contributed by atoms with E-state index in [1.165, 1.54) is 25.0 Å². The first-order chi connectivity index (χ1) is 11.3. The third-order valence-corrected chi connectivity index (χ3v) is 4.89. The maximum atomic E-state index is 11.4. The summed E-state index contributed by atoms with van der Waals surface area (Å²) in [4.78, 5) is 27.8. The van der Waals surface area contributed by atoms with Crippen molar-refractivity contribution in [3.8, 4) is 0 Å². The van der Waals surface area contributed by atoms with Crippen LogP contribution in [0.4, 0.5) is 11.6 Å². The smallest absolute Gasteiger partial charge is 0.249 e. The molecule has 0 atom stereocenters. The molecule has 2 aromatic heterocycles. The van der Waals surface area contributed by atoms with Crippen molar-refractivity contribution in [2.45, 2.75) is 25.2 Å². The van der Waals surface area contributed by atoms with Crippen LogP contribution < -0.4 is 15.4 Å². The van der Waals surface area contributed by atoms with Gasteiger partial charge in [0.25, 0.3) is 0 Å². The van der Waals surface area contributed by atoms with Crippen LogP contribution in [0.25, 0.3) is 0 Å². The summed E-state index contributed by atoms with van der Waals surface area (Å²) in [5, 5.41) is 0. The van der Waals surface area contributed by atoms with Crippen LogP contribution in [0.1, 0.15) is 30.9 Å². The molecule has 0 aromatic carbocycles. The second kappa shape index (κ2) is 6.02. The lowest BCUT2D eigenvalue weighted by atomic mass is 9.83. The van der Waals surface area contributed by atoms with Crippen LogP contribution in [0.5, 0.6) is 0 Å². The molecular weight excluding hydrogens is 290 g/mol. The molecule has 6 heteroatoms. The van der Waals surface area contributed by atoms with Gasteiger partial charge in [-0.05, 0) is 18.9 Å². The number of nitrogens with zero attached hydrogens (tertiary/aromatic N) is 4. The molecular formula is C17H21N5O. The number of H-pyrrole nitrogens is 1. The summed E-state index contributed by atoms with van der Waals surface area (Å²) in [7, 11) is 0. The zero-order chi connectivity index (χ0) is 15.6. The van der Waals surface area contributed by atoms with Gasteiger partial charge in [0, 0.05) is 49.9 Å². The topological polar surface area (TPSA) is 65.1 Å². The van der Waals surface area contributed by atoms with E-state index in [1.807, 2.05) is 6.07 Å². The lowest BCUT2D eigenvalue weighted by molar-refractivity contribution is 0.410. The van der Waals surface area contributed by atoms with Crippen LogP contribution in [0, 0.1) is 0 Å². The molecule has 0 radical (unpaired) electrons. The van der Waals surface area contributed by atoms with Crippen LogP contribution in [-0.2, 0) is 0 Å². The predicted octanol–water partition coefficient (Wildman–Crippen LogP) is 1.76. The van der Waals surface area contributed by atoms with Crippen LogP contribution in [0.15, 0.2) is 35.4 Å². The van der Waals surface area contributed by atoms with E-state index in [-0.39, 0.29) is 5.56 Å². The van der Waals surface area contributed by atoms with Gasteiger partial charge >= 0.3 is 0 Å². The van der Waals surface area contributed by atoms with Crippen molar-refractivity contribution in [3.63, 3.8) is 0 Å². The SMILES string of the molecule is O=c1cccc(N2CCN(c3cc(C4CCC4)ncn3)CC2)[nH]1. The molecule has 6 nitrogen and oxygen atoms in total. The van der Waals surface area contributed by atoms with Gasteiger partial charge in [0.1, 0.15) is 18.0 Å². The molecule has 3 heterocycles. The van der Waals surface area contributed by atoms with Crippen molar-refractivity contribution in [1.29, 1.82) is 0 Å². The number of hydrogen-bond donors (Lipinski definition) is 1. The fourth-order valence-electron chi connectivity index (χ4n) is 3.26. The van der Waals surface area contributed by atoms with E-state index < -0.39 is 0 Å². The van der Waals surface area contributed by atoms with Gasteiger partial charge in [-0.15, -0.1) is 0 Å². The molecule has 4 rings (SSSR count). The maximum Gasteiger partial charge on any atom is 0.249 e. The lowest BCUT2D eigenvalue weighted by Crippen LogP contribution is -2.47. The van der Waals surface area contributed by atoms with E-state index >= 15 is 0 Å². The minimum atomic E-state index is -0.0501. The van der Waals surface area contributed by atoms with Crippen molar-refractivity contribution in [3.05, 3.63) is 46.6 Å². The number of aromatic amines is 1. The van der Waals surface area contributed by atoms with E-state index in [0.717, 1.165) is 37.8 Å². The number of rotatable bonds is 3. The second-order valence-corrected chi connectivity index (χ2v) is 6.30. The highest BCUT2D eigenvalue weighted by Gasteiger charge is 2.23. The van der Waals surface area contributed by atoms with E-state index in [9.17, 15) is 4.79 Å². The van der Waals surface area contributed by atoms with Gasteiger partial charge in [-0.3, -0.25) is 4.79 Å². The number of piperazine rings is 1. The van der Waals surface area contributed by atoms with Crippen molar-refractivity contribution in [1.82, 2.24) is 15.0 Å². The van der Waals surface area contributed by atoms with E-state index in [2.05, 4.69) is 30.8 Å². The second-order valence-electron chi connectivity index (χ2n) is 6.30. The quantitative estimate of drug-likeness (QED) is 0.935. The Hall–Kier alpha value is -2.37. The number of nitrogens with one attached hydrogen (secondary N) is 1. The fraction of sp³-hybridized carbons (Fsp3) is 0.471. The molecule has 2 aliphatic rings. The molecule has 0 spiro atoms. The summed E-state index contributed by atoms with van der Waals surface area (Å²) in [6, 6.07) is 7.46. The number of pyridine rings is 1. The molecule has 120 valence electrons. The Bertz CT molecular complexity index is 732. The average molecular weight is 311 g/mol. The molecule has 0 amide bonds. The van der Waals surface area contributed by atoms with Crippen molar-refractivity contribution in [2.75, 3.05) is 36.0 Å². The summed E-state index contributed by atoms with van der Waals surface area (Å²) in [5.41, 5.74) is 1.14. The summed E-state index contributed by atoms with van der Waals surface area (Å²) in [5.74, 6) is 2.56. The molecule has 0 unspecified atom stereocenters. The Morgan fingerprint density at radius 3 is 2.52 bits per heavy atom. The Labute approximate surface area is 135 Å². The molecule has 23 heavy (non-hydrogen) atoms. The molecule has 1 N–H and O–H groups in total. The van der Waals surface area contributed by atoms with Gasteiger partial charge in [0.15, 0.2) is 0 Å². The van der Waals surface area contributed by atoms with Gasteiger partial charge in [-0.2, -0.15) is 0 Å². The number of anilines is 2. The zero-order valence-corrected chi connectivity index (χ0v) is 13.1. The van der Waals surface area contributed by atoms with Gasteiger partial charge in [-0.25, -0.2) is 9.97 Å². The first kappa shape index (κ1) is 14.2. The minimum Gasteiger partial charge on any atom is -0.355 e. The Morgan fingerprint density at radius 1 is 1.04 bits per heavy atom. The Kier molecular flexibility index (Phi) is 3.73. The largest absolute Gasteiger partial charge is 0.355 e. The highest BCUT2D eigenvalue weighted by molar-refractivity contribution is 5.45. The molecule has 1 aliphatic heterocycles. The summed E-state index contributed by atoms with van der Waals surface area (Å²) in [6.45, 7) is 3.56. The van der Waals surface area contributed by atoms with Crippen LogP contribution in [0.2, 0.25) is 0 Å². The summed E-state index contributed by atoms with van der Waals surface area (Å²) >= 11 is 0. The molecule has 1 saturated heterocycles. The zero-order valence-electron chi connectivity index (χ0n) is 13.1. The molecule has 1 aliphatic carbocycles. The standard InChI is InChI=1S/C17H21N5O/c23-17-6-2-5-15(20-17)21-7-9-22(10-8-21)16-11-14(18-12-19-16)13-3-1-4-13/h2,5-6,11-13H,1,3-4,7-10H2,(H,20,23). The lowest BCUT2D eigenvalue weighted by Gasteiger charge is -2.36. The number of aromatic nitrogens is 3. The van der Waals surface area contributed by atoms with E-state index in [4.69, 9.17) is 0 Å². The molecule has 2 aromatic rings. The van der Waals surface area contributed by atoms with Crippen LogP contribution in [0.3, 0.4) is 0 Å². The van der Waals surface area contributed by atoms with Gasteiger partial charge < -0.3 is 14.8 Å². The minimum absolute atomic E-state index is 0.0501. The molecule has 2 fully saturated rings. The molecule has 0 bridgehead atoms. The first-order valence-electron chi connectivity index (χ1n) is 8.31.